The number of nitrogens with one attached hydrogen (secondary N) is 1. The van der Waals surface area contributed by atoms with E-state index in [9.17, 15) is 9.59 Å². The topological polar surface area (TPSA) is 138 Å². The van der Waals surface area contributed by atoms with Crippen molar-refractivity contribution in [2.45, 2.75) is 47.0 Å². The summed E-state index contributed by atoms with van der Waals surface area (Å²) < 4.78 is 19.2. The van der Waals surface area contributed by atoms with Gasteiger partial charge in [-0.05, 0) is 45.8 Å². The summed E-state index contributed by atoms with van der Waals surface area (Å²) in [6, 6.07) is 13.5. The number of H-pyrrole nitrogens is 1. The van der Waals surface area contributed by atoms with E-state index in [1.807, 2.05) is 54.0 Å². The molecule has 0 aliphatic rings. The van der Waals surface area contributed by atoms with Gasteiger partial charge in [-0.1, -0.05) is 37.3 Å². The number of esters is 2. The lowest BCUT2D eigenvalue weighted by atomic mass is 10.0. The second kappa shape index (κ2) is 10.8. The van der Waals surface area contributed by atoms with Crippen molar-refractivity contribution in [3.63, 3.8) is 0 Å². The summed E-state index contributed by atoms with van der Waals surface area (Å²) in [6.07, 6.45) is -0.405. The number of furan rings is 1. The number of aromatic nitrogens is 6. The Hall–Kier alpha value is -4.32. The second-order valence-electron chi connectivity index (χ2n) is 8.84. The fourth-order valence-corrected chi connectivity index (χ4v) is 5.12. The van der Waals surface area contributed by atoms with E-state index in [1.165, 1.54) is 13.8 Å². The van der Waals surface area contributed by atoms with Crippen LogP contribution in [-0.4, -0.2) is 48.4 Å². The third-order valence-corrected chi connectivity index (χ3v) is 6.91. The van der Waals surface area contributed by atoms with Crippen LogP contribution in [0.1, 0.15) is 48.3 Å². The average Bonchev–Trinajstić information content (AvgIpc) is 3.62. The number of hydrogen-bond donors (Lipinski definition) is 1. The highest BCUT2D eigenvalue weighted by molar-refractivity contribution is 9.10. The van der Waals surface area contributed by atoms with Crippen molar-refractivity contribution in [3.8, 4) is 22.7 Å². The Labute approximate surface area is 231 Å². The summed E-state index contributed by atoms with van der Waals surface area (Å²) in [5, 5.41) is 15.3. The van der Waals surface area contributed by atoms with Crippen molar-refractivity contribution < 1.29 is 23.5 Å². The SMILES string of the molecule is CCc1nc(C)c(C(=O)OC(C)OC(C)=O)n1Cc1ccc2oc(-c3ccccc3-c3nn[nH]n3)c(Br)c2c1. The summed E-state index contributed by atoms with van der Waals surface area (Å²) in [7, 11) is 0. The van der Waals surface area contributed by atoms with Gasteiger partial charge in [0, 0.05) is 43.3 Å². The number of carbonyl (C=O) groups excluding carboxylic acids is 2. The second-order valence-corrected chi connectivity index (χ2v) is 9.63. The molecule has 0 spiro atoms. The smallest absolute Gasteiger partial charge is 0.359 e. The summed E-state index contributed by atoms with van der Waals surface area (Å²) in [6.45, 7) is 6.85. The number of imidazole rings is 1. The number of carbonyl (C=O) groups is 2. The number of aromatic amines is 1. The van der Waals surface area contributed by atoms with Gasteiger partial charge in [-0.3, -0.25) is 4.79 Å². The van der Waals surface area contributed by atoms with Crippen molar-refractivity contribution in [1.29, 1.82) is 0 Å². The van der Waals surface area contributed by atoms with Crippen molar-refractivity contribution in [1.82, 2.24) is 30.2 Å². The number of hydrogen-bond acceptors (Lipinski definition) is 9. The minimum Gasteiger partial charge on any atom is -0.455 e. The molecule has 0 fully saturated rings. The maximum Gasteiger partial charge on any atom is 0.359 e. The van der Waals surface area contributed by atoms with Crippen LogP contribution in [0, 0.1) is 6.92 Å². The molecule has 2 aromatic carbocycles. The fraction of sp³-hybridized carbons (Fsp3) is 0.259. The van der Waals surface area contributed by atoms with E-state index in [0.29, 0.717) is 41.5 Å². The van der Waals surface area contributed by atoms with Gasteiger partial charge < -0.3 is 18.5 Å². The van der Waals surface area contributed by atoms with E-state index in [4.69, 9.17) is 13.9 Å². The first-order valence-electron chi connectivity index (χ1n) is 12.2. The van der Waals surface area contributed by atoms with Gasteiger partial charge in [0.2, 0.25) is 12.1 Å². The molecule has 0 radical (unpaired) electrons. The van der Waals surface area contributed by atoms with Crippen LogP contribution in [0.4, 0.5) is 0 Å². The van der Waals surface area contributed by atoms with Crippen LogP contribution in [0.2, 0.25) is 0 Å². The predicted octanol–water partition coefficient (Wildman–Crippen LogP) is 5.22. The molecule has 11 nitrogen and oxygen atoms in total. The Bertz CT molecular complexity index is 1670. The lowest BCUT2D eigenvalue weighted by Crippen LogP contribution is -2.23. The maximum atomic E-state index is 13.0. The predicted molar refractivity (Wildman–Crippen MR) is 145 cm³/mol. The lowest BCUT2D eigenvalue weighted by molar-refractivity contribution is -0.162. The van der Waals surface area contributed by atoms with Crippen molar-refractivity contribution in [2.24, 2.45) is 0 Å². The van der Waals surface area contributed by atoms with Crippen LogP contribution < -0.4 is 0 Å². The van der Waals surface area contributed by atoms with Gasteiger partial charge >= 0.3 is 11.9 Å². The van der Waals surface area contributed by atoms with Gasteiger partial charge in [0.05, 0.1) is 10.2 Å². The number of fused-ring (bicyclic) bond motifs is 1. The zero-order valence-corrected chi connectivity index (χ0v) is 23.3. The van der Waals surface area contributed by atoms with Gasteiger partial charge in [0.25, 0.3) is 0 Å². The molecule has 0 amide bonds. The minimum atomic E-state index is -1.02. The summed E-state index contributed by atoms with van der Waals surface area (Å²) in [5.74, 6) is 0.691. The third-order valence-electron chi connectivity index (χ3n) is 6.13. The van der Waals surface area contributed by atoms with E-state index < -0.39 is 18.2 Å². The quantitative estimate of drug-likeness (QED) is 0.189. The summed E-state index contributed by atoms with van der Waals surface area (Å²) in [4.78, 5) is 28.9. The van der Waals surface area contributed by atoms with Crippen molar-refractivity contribution in [3.05, 3.63) is 69.7 Å². The first-order chi connectivity index (χ1) is 18.8. The molecule has 3 heterocycles. The molecular formula is C27H25BrN6O5. The molecule has 0 aliphatic carbocycles. The Morgan fingerprint density at radius 2 is 1.92 bits per heavy atom. The number of ether oxygens (including phenoxy) is 2. The molecular weight excluding hydrogens is 568 g/mol. The Balaban J connectivity index is 1.50. The lowest BCUT2D eigenvalue weighted by Gasteiger charge is -2.15. The molecule has 5 aromatic rings. The van der Waals surface area contributed by atoms with Crippen LogP contribution in [-0.2, 0) is 27.2 Å². The number of aryl methyl sites for hydroxylation is 2. The Morgan fingerprint density at radius 1 is 1.15 bits per heavy atom. The van der Waals surface area contributed by atoms with E-state index >= 15 is 0 Å². The standard InChI is InChI=1S/C27H25BrN6O5/c1-5-22-29-14(2)24(27(36)38-16(4)37-15(3)35)34(22)13-17-10-11-21-20(12-17)23(28)25(39-21)18-8-6-7-9-19(18)26-30-32-33-31-26/h6-12,16H,5,13H2,1-4H3,(H,30,31,32,33). The van der Waals surface area contributed by atoms with Crippen molar-refractivity contribution >= 4 is 38.8 Å². The Kier molecular flexibility index (Phi) is 7.29. The van der Waals surface area contributed by atoms with E-state index in [0.717, 1.165) is 32.4 Å². The molecule has 200 valence electrons. The zero-order valence-electron chi connectivity index (χ0n) is 21.7. The Morgan fingerprint density at radius 3 is 2.62 bits per heavy atom. The molecule has 12 heteroatoms. The first kappa shape index (κ1) is 26.3. The molecule has 0 saturated carbocycles. The minimum absolute atomic E-state index is 0.312. The van der Waals surface area contributed by atoms with Crippen LogP contribution >= 0.6 is 15.9 Å². The van der Waals surface area contributed by atoms with Gasteiger partial charge in [-0.25, -0.2) is 9.78 Å². The largest absolute Gasteiger partial charge is 0.455 e. The van der Waals surface area contributed by atoms with Crippen LogP contribution in [0.25, 0.3) is 33.7 Å². The van der Waals surface area contributed by atoms with Crippen molar-refractivity contribution in [2.75, 3.05) is 0 Å². The molecule has 5 rings (SSSR count). The van der Waals surface area contributed by atoms with Gasteiger partial charge in [-0.15, -0.1) is 10.2 Å². The van der Waals surface area contributed by atoms with Gasteiger partial charge in [0.1, 0.15) is 17.2 Å². The van der Waals surface area contributed by atoms with Crippen LogP contribution in [0.5, 0.6) is 0 Å². The van der Waals surface area contributed by atoms with Gasteiger partial charge in [-0.2, -0.15) is 5.21 Å². The number of rotatable bonds is 8. The maximum absolute atomic E-state index is 13.0. The molecule has 39 heavy (non-hydrogen) atoms. The number of halogens is 1. The monoisotopic (exact) mass is 592 g/mol. The van der Waals surface area contributed by atoms with E-state index in [1.54, 1.807) is 6.92 Å². The first-order valence-corrected chi connectivity index (χ1v) is 13.0. The third kappa shape index (κ3) is 5.19. The fourth-order valence-electron chi connectivity index (χ4n) is 4.51. The summed E-state index contributed by atoms with van der Waals surface area (Å²) in [5.41, 5.74) is 4.06. The molecule has 0 aliphatic heterocycles. The number of tetrazole rings is 1. The molecule has 1 unspecified atom stereocenters. The summed E-state index contributed by atoms with van der Waals surface area (Å²) >= 11 is 3.73. The number of nitrogens with zero attached hydrogens (tertiary/aromatic N) is 5. The normalized spacial score (nSPS) is 12.0. The molecule has 3 aromatic heterocycles. The zero-order chi connectivity index (χ0) is 27.7. The van der Waals surface area contributed by atoms with Crippen LogP contribution in [0.15, 0.2) is 51.4 Å². The molecule has 1 atom stereocenters. The average molecular weight is 593 g/mol. The molecule has 0 saturated heterocycles. The van der Waals surface area contributed by atoms with E-state index in [2.05, 4.69) is 41.5 Å². The molecule has 1 N–H and O–H groups in total. The van der Waals surface area contributed by atoms with Gasteiger partial charge in [0.15, 0.2) is 5.69 Å². The van der Waals surface area contributed by atoms with Crippen LogP contribution in [0.3, 0.4) is 0 Å². The highest BCUT2D eigenvalue weighted by Crippen LogP contribution is 2.41. The highest BCUT2D eigenvalue weighted by atomic mass is 79.9. The molecule has 0 bridgehead atoms. The van der Waals surface area contributed by atoms with E-state index in [-0.39, 0.29) is 0 Å². The number of benzene rings is 2. The highest BCUT2D eigenvalue weighted by Gasteiger charge is 2.25.